The van der Waals surface area contributed by atoms with Gasteiger partial charge >= 0.3 is 0 Å². The standard InChI is InChI=1S/C18H26ClFN2O/c1-2-23-18(21)15(7-6-10-19)14-8-9-17(16(20)13-14)22-11-4-3-5-12-22/h8-9,13,15,21H,2-7,10-12H2,1H3. The summed E-state index contributed by atoms with van der Waals surface area (Å²) in [7, 11) is 0. The third-order valence-electron chi connectivity index (χ3n) is 4.31. The Kier molecular flexibility index (Phi) is 7.15. The van der Waals surface area contributed by atoms with Crippen LogP contribution in [0.5, 0.6) is 0 Å². The van der Waals surface area contributed by atoms with Crippen molar-refractivity contribution in [1.82, 2.24) is 0 Å². The molecule has 0 radical (unpaired) electrons. The first-order valence-corrected chi connectivity index (χ1v) is 9.02. The largest absolute Gasteiger partial charge is 0.481 e. The molecule has 1 aliphatic rings. The van der Waals surface area contributed by atoms with Gasteiger partial charge in [0.15, 0.2) is 5.90 Å². The molecule has 128 valence electrons. The van der Waals surface area contributed by atoms with Crippen molar-refractivity contribution in [2.75, 3.05) is 30.5 Å². The fourth-order valence-electron chi connectivity index (χ4n) is 3.12. The van der Waals surface area contributed by atoms with E-state index in [1.807, 2.05) is 19.1 Å². The maximum absolute atomic E-state index is 14.6. The Morgan fingerprint density at radius 2 is 2.09 bits per heavy atom. The number of alkyl halides is 1. The molecule has 1 heterocycles. The van der Waals surface area contributed by atoms with Crippen molar-refractivity contribution >= 4 is 23.2 Å². The van der Waals surface area contributed by atoms with E-state index in [0.717, 1.165) is 37.9 Å². The molecule has 1 aromatic carbocycles. The number of rotatable bonds is 7. The van der Waals surface area contributed by atoms with E-state index in [1.165, 1.54) is 6.42 Å². The molecule has 0 aliphatic carbocycles. The van der Waals surface area contributed by atoms with Crippen LogP contribution in [0.25, 0.3) is 0 Å². The summed E-state index contributed by atoms with van der Waals surface area (Å²) in [6.45, 7) is 4.14. The van der Waals surface area contributed by atoms with E-state index in [9.17, 15) is 4.39 Å². The summed E-state index contributed by atoms with van der Waals surface area (Å²) in [4.78, 5) is 2.12. The fourth-order valence-corrected chi connectivity index (χ4v) is 3.27. The molecule has 23 heavy (non-hydrogen) atoms. The zero-order valence-corrected chi connectivity index (χ0v) is 14.5. The van der Waals surface area contributed by atoms with Crippen molar-refractivity contribution in [3.05, 3.63) is 29.6 Å². The predicted octanol–water partition coefficient (Wildman–Crippen LogP) is 4.93. The molecule has 2 rings (SSSR count). The molecule has 1 fully saturated rings. The van der Waals surface area contributed by atoms with E-state index in [2.05, 4.69) is 4.90 Å². The second-order valence-electron chi connectivity index (χ2n) is 5.94. The van der Waals surface area contributed by atoms with Crippen LogP contribution in [0.15, 0.2) is 18.2 Å². The zero-order valence-electron chi connectivity index (χ0n) is 13.8. The van der Waals surface area contributed by atoms with Gasteiger partial charge in [0.2, 0.25) is 0 Å². The van der Waals surface area contributed by atoms with Gasteiger partial charge in [0.1, 0.15) is 5.82 Å². The van der Waals surface area contributed by atoms with E-state index in [0.29, 0.717) is 24.6 Å². The summed E-state index contributed by atoms with van der Waals surface area (Å²) in [6, 6.07) is 5.35. The monoisotopic (exact) mass is 340 g/mol. The van der Waals surface area contributed by atoms with E-state index in [1.54, 1.807) is 6.07 Å². The number of anilines is 1. The lowest BCUT2D eigenvalue weighted by atomic mass is 9.93. The van der Waals surface area contributed by atoms with Crippen LogP contribution in [-0.4, -0.2) is 31.5 Å². The van der Waals surface area contributed by atoms with E-state index in [-0.39, 0.29) is 17.6 Å². The van der Waals surface area contributed by atoms with Gasteiger partial charge in [-0.2, -0.15) is 0 Å². The topological polar surface area (TPSA) is 36.3 Å². The highest BCUT2D eigenvalue weighted by atomic mass is 35.5. The lowest BCUT2D eigenvalue weighted by Crippen LogP contribution is -2.30. The Morgan fingerprint density at radius 3 is 2.70 bits per heavy atom. The lowest BCUT2D eigenvalue weighted by molar-refractivity contribution is 0.305. The molecule has 0 spiro atoms. The summed E-state index contributed by atoms with van der Waals surface area (Å²) < 4.78 is 19.9. The molecule has 3 nitrogen and oxygen atoms in total. The SMILES string of the molecule is CCOC(=N)C(CCCCl)c1ccc(N2CCCCC2)c(F)c1. The molecule has 1 atom stereocenters. The Hall–Kier alpha value is -1.29. The Morgan fingerprint density at radius 1 is 1.35 bits per heavy atom. The van der Waals surface area contributed by atoms with Crippen LogP contribution in [0.1, 0.15) is 50.5 Å². The van der Waals surface area contributed by atoms with Gasteiger partial charge in [0.05, 0.1) is 18.2 Å². The number of ether oxygens (including phenoxy) is 1. The highest BCUT2D eigenvalue weighted by Crippen LogP contribution is 2.29. The molecule has 0 saturated carbocycles. The highest BCUT2D eigenvalue weighted by Gasteiger charge is 2.21. The third kappa shape index (κ3) is 4.84. The maximum atomic E-state index is 14.6. The molecule has 1 N–H and O–H groups in total. The Balaban J connectivity index is 2.18. The van der Waals surface area contributed by atoms with Crippen LogP contribution < -0.4 is 4.90 Å². The van der Waals surface area contributed by atoms with Crippen LogP contribution in [0.2, 0.25) is 0 Å². The molecule has 5 heteroatoms. The first-order valence-electron chi connectivity index (χ1n) is 8.49. The number of halogens is 2. The quantitative estimate of drug-likeness (QED) is 0.434. The zero-order chi connectivity index (χ0) is 16.7. The van der Waals surface area contributed by atoms with Crippen molar-refractivity contribution in [3.63, 3.8) is 0 Å². The van der Waals surface area contributed by atoms with Crippen molar-refractivity contribution in [2.24, 2.45) is 0 Å². The number of nitrogens with zero attached hydrogens (tertiary/aromatic N) is 1. The third-order valence-corrected chi connectivity index (χ3v) is 4.58. The molecule has 1 aromatic rings. The summed E-state index contributed by atoms with van der Waals surface area (Å²) in [5, 5.41) is 8.08. The first-order chi connectivity index (χ1) is 11.2. The van der Waals surface area contributed by atoms with Gasteiger partial charge in [-0.15, -0.1) is 11.6 Å². The average molecular weight is 341 g/mol. The number of hydrogen-bond donors (Lipinski definition) is 1. The Labute approximate surface area is 143 Å². The van der Waals surface area contributed by atoms with Gasteiger partial charge in [-0.1, -0.05) is 6.07 Å². The van der Waals surface area contributed by atoms with Crippen LogP contribution in [0.3, 0.4) is 0 Å². The maximum Gasteiger partial charge on any atom is 0.188 e. The normalized spacial score (nSPS) is 16.2. The van der Waals surface area contributed by atoms with E-state index >= 15 is 0 Å². The van der Waals surface area contributed by atoms with Crippen LogP contribution in [0.4, 0.5) is 10.1 Å². The van der Waals surface area contributed by atoms with Crippen LogP contribution in [0, 0.1) is 11.2 Å². The first kappa shape index (κ1) is 18.1. The average Bonchev–Trinajstić information content (AvgIpc) is 2.56. The van der Waals surface area contributed by atoms with Crippen molar-refractivity contribution in [2.45, 2.75) is 44.9 Å². The van der Waals surface area contributed by atoms with Crippen LogP contribution >= 0.6 is 11.6 Å². The number of benzene rings is 1. The van der Waals surface area contributed by atoms with Gasteiger partial charge in [-0.3, -0.25) is 5.41 Å². The second-order valence-corrected chi connectivity index (χ2v) is 6.32. The van der Waals surface area contributed by atoms with Gasteiger partial charge in [0.25, 0.3) is 0 Å². The number of hydrogen-bond acceptors (Lipinski definition) is 3. The predicted molar refractivity (Wildman–Crippen MR) is 94.5 cm³/mol. The summed E-state index contributed by atoms with van der Waals surface area (Å²) in [5.41, 5.74) is 1.47. The van der Waals surface area contributed by atoms with Crippen molar-refractivity contribution in [3.8, 4) is 0 Å². The van der Waals surface area contributed by atoms with E-state index in [4.69, 9.17) is 21.7 Å². The molecule has 0 bridgehead atoms. The summed E-state index contributed by atoms with van der Waals surface area (Å²) in [6.07, 6.45) is 4.94. The van der Waals surface area contributed by atoms with Crippen LogP contribution in [-0.2, 0) is 4.74 Å². The molecule has 0 amide bonds. The molecule has 1 saturated heterocycles. The Bertz CT molecular complexity index is 518. The molecular formula is C18H26ClFN2O. The van der Waals surface area contributed by atoms with Gasteiger partial charge < -0.3 is 9.64 Å². The van der Waals surface area contributed by atoms with Gasteiger partial charge in [0, 0.05) is 19.0 Å². The molecule has 1 unspecified atom stereocenters. The lowest BCUT2D eigenvalue weighted by Gasteiger charge is -2.29. The van der Waals surface area contributed by atoms with Gasteiger partial charge in [-0.05, 0) is 56.7 Å². The van der Waals surface area contributed by atoms with Crippen molar-refractivity contribution in [1.29, 1.82) is 5.41 Å². The molecule has 1 aliphatic heterocycles. The highest BCUT2D eigenvalue weighted by molar-refractivity contribution is 6.17. The van der Waals surface area contributed by atoms with Crippen molar-refractivity contribution < 1.29 is 9.13 Å². The van der Waals surface area contributed by atoms with E-state index < -0.39 is 0 Å². The summed E-state index contributed by atoms with van der Waals surface area (Å²) in [5.74, 6) is 0.301. The minimum Gasteiger partial charge on any atom is -0.481 e. The molecular weight excluding hydrogens is 315 g/mol. The minimum atomic E-state index is -0.224. The summed E-state index contributed by atoms with van der Waals surface area (Å²) >= 11 is 5.78. The minimum absolute atomic E-state index is 0.197. The molecule has 0 aromatic heterocycles. The second kappa shape index (κ2) is 9.11. The van der Waals surface area contributed by atoms with Gasteiger partial charge in [-0.25, -0.2) is 4.39 Å². The number of nitrogens with one attached hydrogen (secondary N) is 1. The smallest absolute Gasteiger partial charge is 0.188 e. The fraction of sp³-hybridized carbons (Fsp3) is 0.611. The number of piperidine rings is 1.